The number of benzene rings is 1. The molecule has 4 rings (SSSR count). The third-order valence-electron chi connectivity index (χ3n) is 6.23. The minimum absolute atomic E-state index is 0.124. The zero-order valence-electron chi connectivity index (χ0n) is 18.8. The first-order valence-electron chi connectivity index (χ1n) is 11.0. The van der Waals surface area contributed by atoms with E-state index in [-0.39, 0.29) is 11.9 Å². The van der Waals surface area contributed by atoms with E-state index in [2.05, 4.69) is 27.2 Å². The number of anilines is 2. The zero-order valence-corrected chi connectivity index (χ0v) is 19.6. The predicted octanol–water partition coefficient (Wildman–Crippen LogP) is 6.70. The highest BCUT2D eigenvalue weighted by Gasteiger charge is 2.38. The van der Waals surface area contributed by atoms with Gasteiger partial charge in [0.25, 0.3) is 0 Å². The summed E-state index contributed by atoms with van der Waals surface area (Å²) in [6.45, 7) is 5.99. The highest BCUT2D eigenvalue weighted by molar-refractivity contribution is 7.15. The third kappa shape index (κ3) is 5.35. The van der Waals surface area contributed by atoms with Gasteiger partial charge in [0.15, 0.2) is 0 Å². The summed E-state index contributed by atoms with van der Waals surface area (Å²) in [6, 6.07) is 6.46. The Labute approximate surface area is 195 Å². The summed E-state index contributed by atoms with van der Waals surface area (Å²) in [6.07, 6.45) is 2.58. The zero-order chi connectivity index (χ0) is 23.8. The molecule has 0 bridgehead atoms. The molecule has 3 atom stereocenters. The molecule has 3 unspecified atom stereocenters. The van der Waals surface area contributed by atoms with Crippen LogP contribution in [0.4, 0.5) is 24.8 Å². The van der Waals surface area contributed by atoms with Gasteiger partial charge in [-0.1, -0.05) is 25.8 Å². The second-order valence-corrected chi connectivity index (χ2v) is 10.2. The Morgan fingerprint density at radius 1 is 1.15 bits per heavy atom. The number of rotatable bonds is 5. The Bertz CT molecular complexity index is 1130. The van der Waals surface area contributed by atoms with Gasteiger partial charge in [0.2, 0.25) is 5.95 Å². The first kappa shape index (κ1) is 23.6. The number of nitrogens with zero attached hydrogens (tertiary/aromatic N) is 3. The van der Waals surface area contributed by atoms with Crippen LogP contribution in [0.15, 0.2) is 36.7 Å². The molecule has 2 aromatic heterocycles. The number of aliphatic hydroxyl groups is 1. The smallest absolute Gasteiger partial charge is 0.383 e. The van der Waals surface area contributed by atoms with Gasteiger partial charge in [-0.3, -0.25) is 0 Å². The highest BCUT2D eigenvalue weighted by atomic mass is 32.1. The van der Waals surface area contributed by atoms with Crippen LogP contribution in [-0.4, -0.2) is 20.1 Å². The third-order valence-corrected chi connectivity index (χ3v) is 7.51. The molecule has 0 aliphatic heterocycles. The van der Waals surface area contributed by atoms with Crippen LogP contribution in [0.5, 0.6) is 0 Å². The fraction of sp³-hybridized carbons (Fsp3) is 0.458. The van der Waals surface area contributed by atoms with E-state index in [9.17, 15) is 18.3 Å². The molecule has 3 aromatic rings. The van der Waals surface area contributed by atoms with Crippen LogP contribution in [0.3, 0.4) is 0 Å². The first-order chi connectivity index (χ1) is 15.5. The van der Waals surface area contributed by atoms with Crippen molar-refractivity contribution in [1.82, 2.24) is 15.0 Å². The number of nitrogens with one attached hydrogen (secondary N) is 1. The highest BCUT2D eigenvalue weighted by Crippen LogP contribution is 2.43. The van der Waals surface area contributed by atoms with Crippen molar-refractivity contribution >= 4 is 23.0 Å². The predicted molar refractivity (Wildman–Crippen MR) is 123 cm³/mol. The Morgan fingerprint density at radius 2 is 1.94 bits per heavy atom. The summed E-state index contributed by atoms with van der Waals surface area (Å²) >= 11 is 1.45. The summed E-state index contributed by atoms with van der Waals surface area (Å²) in [5, 5.41) is 14.9. The van der Waals surface area contributed by atoms with Gasteiger partial charge in [0, 0.05) is 18.1 Å². The maximum Gasteiger partial charge on any atom is 0.433 e. The van der Waals surface area contributed by atoms with Crippen LogP contribution in [0.2, 0.25) is 0 Å². The molecule has 1 fully saturated rings. The Hall–Kier alpha value is -2.52. The van der Waals surface area contributed by atoms with Crippen LogP contribution in [0, 0.1) is 18.8 Å². The minimum Gasteiger partial charge on any atom is -0.383 e. The minimum atomic E-state index is -4.54. The van der Waals surface area contributed by atoms with Crippen molar-refractivity contribution in [2.45, 2.75) is 58.2 Å². The summed E-state index contributed by atoms with van der Waals surface area (Å²) in [4.78, 5) is 12.9. The van der Waals surface area contributed by atoms with E-state index in [0.29, 0.717) is 16.6 Å². The fourth-order valence-corrected chi connectivity index (χ4v) is 5.49. The molecule has 9 heteroatoms. The van der Waals surface area contributed by atoms with Crippen molar-refractivity contribution < 1.29 is 18.3 Å². The summed E-state index contributed by atoms with van der Waals surface area (Å²) in [5.74, 6) is 0.645. The molecule has 0 saturated heterocycles. The van der Waals surface area contributed by atoms with Gasteiger partial charge in [-0.05, 0) is 67.9 Å². The molecule has 33 heavy (non-hydrogen) atoms. The molecule has 1 aromatic carbocycles. The molecule has 2 N–H and O–H groups in total. The lowest BCUT2D eigenvalue weighted by atomic mass is 9.74. The van der Waals surface area contributed by atoms with E-state index >= 15 is 0 Å². The van der Waals surface area contributed by atoms with Crippen molar-refractivity contribution in [3.8, 4) is 10.4 Å². The molecule has 5 nitrogen and oxygen atoms in total. The maximum absolute atomic E-state index is 13.0. The standard InChI is InChI=1S/C24H27F3N4OS/c1-14-5-4-6-17(10-14)23(3,32)21-29-13-19(33-21)16-9-15(2)11-18(12-16)30-22-28-8-7-20(31-22)24(25,26)27/h7-9,11-14,17,32H,4-6,10H2,1-3H3,(H,28,30,31). The number of aromatic nitrogens is 3. The van der Waals surface area contributed by atoms with Gasteiger partial charge in [0.1, 0.15) is 16.3 Å². The van der Waals surface area contributed by atoms with Crippen LogP contribution in [0.25, 0.3) is 10.4 Å². The second kappa shape index (κ2) is 9.02. The largest absolute Gasteiger partial charge is 0.433 e. The number of thiazole rings is 1. The van der Waals surface area contributed by atoms with E-state index in [1.165, 1.54) is 17.8 Å². The quantitative estimate of drug-likeness (QED) is 0.429. The van der Waals surface area contributed by atoms with Crippen molar-refractivity contribution in [1.29, 1.82) is 0 Å². The average Bonchev–Trinajstić information content (AvgIpc) is 3.24. The van der Waals surface area contributed by atoms with Crippen molar-refractivity contribution in [2.24, 2.45) is 11.8 Å². The average molecular weight is 477 g/mol. The molecular formula is C24H27F3N4OS. The molecule has 1 aliphatic rings. The lowest BCUT2D eigenvalue weighted by Gasteiger charge is -2.36. The number of alkyl halides is 3. The van der Waals surface area contributed by atoms with Gasteiger partial charge in [-0.25, -0.2) is 15.0 Å². The number of hydrogen-bond donors (Lipinski definition) is 2. The van der Waals surface area contributed by atoms with E-state index in [4.69, 9.17) is 0 Å². The number of aryl methyl sites for hydroxylation is 1. The van der Waals surface area contributed by atoms with Crippen LogP contribution < -0.4 is 5.32 Å². The summed E-state index contributed by atoms with van der Waals surface area (Å²) < 4.78 is 38.9. The monoisotopic (exact) mass is 476 g/mol. The molecule has 0 radical (unpaired) electrons. The van der Waals surface area contributed by atoms with E-state index < -0.39 is 17.5 Å². The molecule has 0 spiro atoms. The lowest BCUT2D eigenvalue weighted by Crippen LogP contribution is -2.34. The van der Waals surface area contributed by atoms with E-state index in [0.717, 1.165) is 47.5 Å². The molecule has 2 heterocycles. The maximum atomic E-state index is 13.0. The van der Waals surface area contributed by atoms with E-state index in [1.807, 2.05) is 32.0 Å². The topological polar surface area (TPSA) is 70.9 Å². The molecule has 0 amide bonds. The SMILES string of the molecule is Cc1cc(Nc2nccc(C(F)(F)F)n2)cc(-c2cnc(C(C)(O)C3CCCC(C)C3)s2)c1. The van der Waals surface area contributed by atoms with E-state index in [1.54, 1.807) is 6.20 Å². The van der Waals surface area contributed by atoms with Crippen LogP contribution in [0.1, 0.15) is 55.8 Å². The van der Waals surface area contributed by atoms with Gasteiger partial charge in [0.05, 0.1) is 4.88 Å². The molecule has 1 saturated carbocycles. The lowest BCUT2D eigenvalue weighted by molar-refractivity contribution is -0.141. The number of halogens is 3. The Kier molecular flexibility index (Phi) is 6.46. The Balaban J connectivity index is 1.58. The van der Waals surface area contributed by atoms with Gasteiger partial charge >= 0.3 is 6.18 Å². The second-order valence-electron chi connectivity index (χ2n) is 9.12. The number of hydrogen-bond acceptors (Lipinski definition) is 6. The first-order valence-corrected chi connectivity index (χ1v) is 11.8. The van der Waals surface area contributed by atoms with Crippen LogP contribution in [-0.2, 0) is 11.8 Å². The van der Waals surface area contributed by atoms with Gasteiger partial charge < -0.3 is 10.4 Å². The van der Waals surface area contributed by atoms with Crippen molar-refractivity contribution in [3.63, 3.8) is 0 Å². The molecule has 176 valence electrons. The van der Waals surface area contributed by atoms with Crippen molar-refractivity contribution in [3.05, 3.63) is 52.9 Å². The molecule has 1 aliphatic carbocycles. The molecular weight excluding hydrogens is 449 g/mol. The summed E-state index contributed by atoms with van der Waals surface area (Å²) in [5.41, 5.74) is 0.367. The van der Waals surface area contributed by atoms with Crippen LogP contribution >= 0.6 is 11.3 Å². The normalized spacial score (nSPS) is 20.9. The van der Waals surface area contributed by atoms with Gasteiger partial charge in [-0.2, -0.15) is 13.2 Å². The summed E-state index contributed by atoms with van der Waals surface area (Å²) in [7, 11) is 0. The van der Waals surface area contributed by atoms with Gasteiger partial charge in [-0.15, -0.1) is 11.3 Å². The van der Waals surface area contributed by atoms with Crippen molar-refractivity contribution in [2.75, 3.05) is 5.32 Å². The fourth-order valence-electron chi connectivity index (χ4n) is 4.46. The Morgan fingerprint density at radius 3 is 2.67 bits per heavy atom.